The van der Waals surface area contributed by atoms with E-state index in [0.717, 1.165) is 25.9 Å². The average molecular weight is 561 g/mol. The minimum Gasteiger partial charge on any atom is -0.465 e. The molecule has 3 rings (SSSR count). The molecule has 11 heteroatoms. The third kappa shape index (κ3) is 6.70. The molecule has 0 bridgehead atoms. The Morgan fingerprint density at radius 2 is 1.90 bits per heavy atom. The van der Waals surface area contributed by atoms with Crippen molar-refractivity contribution < 1.29 is 23.9 Å². The van der Waals surface area contributed by atoms with Gasteiger partial charge in [0, 0.05) is 38.3 Å². The van der Waals surface area contributed by atoms with Crippen LogP contribution >= 0.6 is 0 Å². The number of hydrogen-bond acceptors (Lipinski definition) is 9. The predicted octanol–water partition coefficient (Wildman–Crippen LogP) is 2.52. The number of carbonyl (C=O) groups is 3. The second kappa shape index (κ2) is 13.2. The van der Waals surface area contributed by atoms with Crippen LogP contribution in [0.2, 0.25) is 0 Å². The Kier molecular flexibility index (Phi) is 10.4. The van der Waals surface area contributed by atoms with Crippen molar-refractivity contribution in [3.8, 4) is 5.75 Å². The molecule has 1 fully saturated rings. The molecule has 1 atom stereocenters. The maximum absolute atomic E-state index is 14.1. The lowest BCUT2D eigenvalue weighted by Gasteiger charge is -2.42. The second-order valence-corrected chi connectivity index (χ2v) is 11.8. The Morgan fingerprint density at radius 3 is 2.45 bits per heavy atom. The fourth-order valence-corrected chi connectivity index (χ4v) is 5.20. The Labute approximate surface area is 238 Å². The van der Waals surface area contributed by atoms with Gasteiger partial charge in [-0.2, -0.15) is 0 Å². The van der Waals surface area contributed by atoms with Gasteiger partial charge in [-0.25, -0.2) is 0 Å². The Balaban J connectivity index is 1.93. The van der Waals surface area contributed by atoms with Crippen molar-refractivity contribution in [2.75, 3.05) is 57.6 Å². The van der Waals surface area contributed by atoms with Gasteiger partial charge in [0.1, 0.15) is 5.75 Å². The zero-order chi connectivity index (χ0) is 29.7. The standard InChI is InChI=1S/C29H48N6O5/c1-19(2)35(20-12-11-13-33-18-20)25(36)21-16-23-24(17-22(21)30-6)40-29(31-7,32-8)26(37)34(23)14-9-10-15-39-27(38)28(3,4)5/h16-17,19-20,30-33H,9-15,18H2,1-8H3/t20-/m1/s1. The molecule has 2 aliphatic rings. The summed E-state index contributed by atoms with van der Waals surface area (Å²) in [5, 5.41) is 12.5. The molecular weight excluding hydrogens is 512 g/mol. The molecule has 11 nitrogen and oxygen atoms in total. The number of carbonyl (C=O) groups excluding carboxylic acids is 3. The third-order valence-corrected chi connectivity index (χ3v) is 7.48. The smallest absolute Gasteiger partial charge is 0.311 e. The van der Waals surface area contributed by atoms with E-state index in [-0.39, 0.29) is 36.5 Å². The van der Waals surface area contributed by atoms with Crippen molar-refractivity contribution in [1.82, 2.24) is 20.9 Å². The van der Waals surface area contributed by atoms with Crippen molar-refractivity contribution in [1.29, 1.82) is 0 Å². The molecule has 0 aromatic heterocycles. The number of nitrogens with zero attached hydrogens (tertiary/aromatic N) is 2. The maximum atomic E-state index is 14.1. The van der Waals surface area contributed by atoms with E-state index in [2.05, 4.69) is 21.3 Å². The number of nitrogens with one attached hydrogen (secondary N) is 4. The number of unbranched alkanes of at least 4 members (excludes halogenated alkanes) is 1. The zero-order valence-corrected chi connectivity index (χ0v) is 25.4. The molecule has 0 aliphatic carbocycles. The van der Waals surface area contributed by atoms with Gasteiger partial charge in [-0.05, 0) is 87.0 Å². The number of ether oxygens (including phenoxy) is 2. The predicted molar refractivity (Wildman–Crippen MR) is 157 cm³/mol. The van der Waals surface area contributed by atoms with Gasteiger partial charge < -0.3 is 29.9 Å². The van der Waals surface area contributed by atoms with Crippen LogP contribution in [0.1, 0.15) is 70.7 Å². The van der Waals surface area contributed by atoms with E-state index in [1.165, 1.54) is 0 Å². The monoisotopic (exact) mass is 560 g/mol. The first-order valence-electron chi connectivity index (χ1n) is 14.3. The number of piperidine rings is 1. The van der Waals surface area contributed by atoms with Gasteiger partial charge in [-0.3, -0.25) is 25.0 Å². The zero-order valence-electron chi connectivity index (χ0n) is 25.4. The van der Waals surface area contributed by atoms with Crippen molar-refractivity contribution in [2.45, 2.75) is 78.2 Å². The van der Waals surface area contributed by atoms with Gasteiger partial charge in [0.2, 0.25) is 0 Å². The summed E-state index contributed by atoms with van der Waals surface area (Å²) in [5.74, 6) is -1.64. The molecule has 2 amide bonds. The van der Waals surface area contributed by atoms with Crippen LogP contribution in [0.15, 0.2) is 12.1 Å². The van der Waals surface area contributed by atoms with Crippen molar-refractivity contribution in [3.05, 3.63) is 17.7 Å². The van der Waals surface area contributed by atoms with E-state index >= 15 is 0 Å². The van der Waals surface area contributed by atoms with Crippen LogP contribution < -0.4 is 30.9 Å². The molecule has 0 radical (unpaired) electrons. The molecule has 40 heavy (non-hydrogen) atoms. The lowest BCUT2D eigenvalue weighted by atomic mass is 9.97. The molecular formula is C29H48N6O5. The third-order valence-electron chi connectivity index (χ3n) is 7.48. The average Bonchev–Trinajstić information content (AvgIpc) is 2.92. The highest BCUT2D eigenvalue weighted by atomic mass is 16.5. The van der Waals surface area contributed by atoms with E-state index in [1.807, 2.05) is 39.5 Å². The number of fused-ring (bicyclic) bond motifs is 1. The van der Waals surface area contributed by atoms with Crippen molar-refractivity contribution >= 4 is 29.2 Å². The summed E-state index contributed by atoms with van der Waals surface area (Å²) >= 11 is 0. The molecule has 224 valence electrons. The number of likely N-dealkylation sites (N-methyl/N-ethyl adjacent to an activating group) is 2. The van der Waals surface area contributed by atoms with Crippen LogP contribution in [-0.2, 0) is 14.3 Å². The van der Waals surface area contributed by atoms with Gasteiger partial charge in [0.05, 0.1) is 29.0 Å². The van der Waals surface area contributed by atoms with E-state index < -0.39 is 11.3 Å². The fraction of sp³-hybridized carbons (Fsp3) is 0.690. The van der Waals surface area contributed by atoms with Gasteiger partial charge in [0.15, 0.2) is 0 Å². The normalized spacial score (nSPS) is 18.7. The summed E-state index contributed by atoms with van der Waals surface area (Å²) in [6.07, 6.45) is 3.14. The molecule has 2 aliphatic heterocycles. The molecule has 0 saturated carbocycles. The van der Waals surface area contributed by atoms with Crippen LogP contribution in [-0.4, -0.2) is 88.0 Å². The van der Waals surface area contributed by atoms with E-state index in [4.69, 9.17) is 9.47 Å². The Bertz CT molecular complexity index is 1060. The Hall–Kier alpha value is -2.89. The summed E-state index contributed by atoms with van der Waals surface area (Å²) in [5.41, 5.74) is 1.08. The molecule has 2 heterocycles. The number of amides is 2. The van der Waals surface area contributed by atoms with Crippen LogP contribution in [0.4, 0.5) is 11.4 Å². The van der Waals surface area contributed by atoms with Crippen molar-refractivity contribution in [2.24, 2.45) is 5.41 Å². The summed E-state index contributed by atoms with van der Waals surface area (Å²) in [7, 11) is 5.08. The number of anilines is 2. The van der Waals surface area contributed by atoms with Crippen LogP contribution in [0.3, 0.4) is 0 Å². The van der Waals surface area contributed by atoms with E-state index in [9.17, 15) is 14.4 Å². The van der Waals surface area contributed by atoms with Gasteiger partial charge in [0.25, 0.3) is 11.8 Å². The van der Waals surface area contributed by atoms with Gasteiger partial charge in [-0.15, -0.1) is 0 Å². The van der Waals surface area contributed by atoms with E-state index in [0.29, 0.717) is 42.1 Å². The summed E-state index contributed by atoms with van der Waals surface area (Å²) in [4.78, 5) is 43.5. The largest absolute Gasteiger partial charge is 0.465 e. The van der Waals surface area contributed by atoms with Crippen LogP contribution in [0, 0.1) is 5.41 Å². The molecule has 0 unspecified atom stereocenters. The molecule has 4 N–H and O–H groups in total. The highest BCUT2D eigenvalue weighted by Gasteiger charge is 2.47. The Morgan fingerprint density at radius 1 is 1.20 bits per heavy atom. The topological polar surface area (TPSA) is 124 Å². The highest BCUT2D eigenvalue weighted by Crippen LogP contribution is 2.41. The molecule has 0 spiro atoms. The SMILES string of the molecule is CNc1cc2c(cc1C(=O)N(C(C)C)[C@@H]1CCCNC1)N(CCCCOC(=O)C(C)(C)C)C(=O)C(NC)(NC)O2. The van der Waals surface area contributed by atoms with Gasteiger partial charge in [-0.1, -0.05) is 0 Å². The van der Waals surface area contributed by atoms with Crippen LogP contribution in [0.5, 0.6) is 5.75 Å². The molecule has 1 aromatic rings. The number of esters is 1. The quantitative estimate of drug-likeness (QED) is 0.184. The maximum Gasteiger partial charge on any atom is 0.311 e. The number of rotatable bonds is 11. The minimum absolute atomic E-state index is 0.00386. The summed E-state index contributed by atoms with van der Waals surface area (Å²) in [6, 6.07) is 3.65. The second-order valence-electron chi connectivity index (χ2n) is 11.8. The molecule has 1 aromatic carbocycles. The van der Waals surface area contributed by atoms with Gasteiger partial charge >= 0.3 is 11.9 Å². The fourth-order valence-electron chi connectivity index (χ4n) is 5.20. The highest BCUT2D eigenvalue weighted by molar-refractivity contribution is 6.06. The van der Waals surface area contributed by atoms with E-state index in [1.54, 1.807) is 38.2 Å². The van der Waals surface area contributed by atoms with Crippen molar-refractivity contribution in [3.63, 3.8) is 0 Å². The first-order valence-corrected chi connectivity index (χ1v) is 14.3. The lowest BCUT2D eigenvalue weighted by Crippen LogP contribution is -2.70. The number of benzene rings is 1. The lowest BCUT2D eigenvalue weighted by molar-refractivity contribution is -0.153. The molecule has 1 saturated heterocycles. The first kappa shape index (κ1) is 31.6. The number of hydrogen-bond donors (Lipinski definition) is 4. The minimum atomic E-state index is -1.46. The summed E-state index contributed by atoms with van der Waals surface area (Å²) < 4.78 is 11.6. The summed E-state index contributed by atoms with van der Waals surface area (Å²) in [6.45, 7) is 11.9. The first-order chi connectivity index (χ1) is 18.9. The van der Waals surface area contributed by atoms with Crippen LogP contribution in [0.25, 0.3) is 0 Å².